The molecule has 2 N–H and O–H groups in total. The van der Waals surface area contributed by atoms with Gasteiger partial charge in [0.25, 0.3) is 0 Å². The number of rotatable bonds is 2. The van der Waals surface area contributed by atoms with Crippen LogP contribution in [0.4, 0.5) is 24.5 Å². The summed E-state index contributed by atoms with van der Waals surface area (Å²) in [5.41, 5.74) is 8.63. The summed E-state index contributed by atoms with van der Waals surface area (Å²) in [5, 5.41) is 0. The van der Waals surface area contributed by atoms with E-state index in [9.17, 15) is 13.2 Å². The fourth-order valence-electron chi connectivity index (χ4n) is 1.63. The van der Waals surface area contributed by atoms with Gasteiger partial charge in [0.05, 0.1) is 21.6 Å². The summed E-state index contributed by atoms with van der Waals surface area (Å²) >= 11 is 1.40. The van der Waals surface area contributed by atoms with Gasteiger partial charge < -0.3 is 10.6 Å². The molecule has 0 atom stereocenters. The topological polar surface area (TPSA) is 42.2 Å². The number of benzene rings is 1. The third kappa shape index (κ3) is 2.44. The monoisotopic (exact) mass is 261 g/mol. The van der Waals surface area contributed by atoms with Gasteiger partial charge in [0.2, 0.25) is 0 Å². The van der Waals surface area contributed by atoms with E-state index in [1.165, 1.54) is 18.4 Å². The first-order valence-corrected chi connectivity index (χ1v) is 5.66. The molecule has 0 aliphatic rings. The second-order valence-electron chi connectivity index (χ2n) is 3.67. The van der Waals surface area contributed by atoms with Crippen LogP contribution in [0.1, 0.15) is 0 Å². The van der Waals surface area contributed by atoms with E-state index >= 15 is 0 Å². The van der Waals surface area contributed by atoms with Crippen LogP contribution in [-0.2, 0) is 0 Å². The molecule has 2 rings (SSSR count). The van der Waals surface area contributed by atoms with E-state index in [4.69, 9.17) is 5.73 Å². The average Bonchev–Trinajstić information content (AvgIpc) is 2.63. The highest BCUT2D eigenvalue weighted by Crippen LogP contribution is 2.33. The molecule has 0 spiro atoms. The Morgan fingerprint density at radius 1 is 1.41 bits per heavy atom. The van der Waals surface area contributed by atoms with Crippen LogP contribution in [0.15, 0.2) is 17.6 Å². The number of hydrogen-bond acceptors (Lipinski definition) is 4. The predicted molar refractivity (Wildman–Crippen MR) is 63.4 cm³/mol. The quantitative estimate of drug-likeness (QED) is 0.845. The minimum Gasteiger partial charge on any atom is -0.395 e. The lowest BCUT2D eigenvalue weighted by molar-refractivity contribution is -0.119. The van der Waals surface area contributed by atoms with E-state index < -0.39 is 12.7 Å². The van der Waals surface area contributed by atoms with Crippen molar-refractivity contribution in [3.05, 3.63) is 17.6 Å². The summed E-state index contributed by atoms with van der Waals surface area (Å²) in [7, 11) is 1.36. The van der Waals surface area contributed by atoms with Crippen molar-refractivity contribution in [3.63, 3.8) is 0 Å². The van der Waals surface area contributed by atoms with E-state index in [1.807, 2.05) is 0 Å². The Bertz CT molecular complexity index is 535. The first kappa shape index (κ1) is 12.0. The van der Waals surface area contributed by atoms with Crippen LogP contribution in [0.2, 0.25) is 0 Å². The Morgan fingerprint density at radius 2 is 2.12 bits per heavy atom. The molecule has 92 valence electrons. The number of nitrogen functional groups attached to an aromatic ring is 1. The molecule has 1 aromatic carbocycles. The maximum absolute atomic E-state index is 12.3. The number of alkyl halides is 3. The zero-order chi connectivity index (χ0) is 12.6. The summed E-state index contributed by atoms with van der Waals surface area (Å²) in [5.74, 6) is 0. The zero-order valence-corrected chi connectivity index (χ0v) is 9.77. The first-order valence-electron chi connectivity index (χ1n) is 4.78. The number of nitrogens with two attached hydrogens (primary N) is 1. The third-order valence-corrected chi connectivity index (χ3v) is 3.14. The van der Waals surface area contributed by atoms with E-state index in [2.05, 4.69) is 4.98 Å². The van der Waals surface area contributed by atoms with Gasteiger partial charge in [0, 0.05) is 7.05 Å². The molecule has 0 radical (unpaired) electrons. The molecule has 0 fully saturated rings. The summed E-state index contributed by atoms with van der Waals surface area (Å²) in [6, 6.07) is 3.31. The minimum absolute atomic E-state index is 0.288. The van der Waals surface area contributed by atoms with E-state index in [0.717, 1.165) is 9.60 Å². The molecule has 0 amide bonds. The lowest BCUT2D eigenvalue weighted by Crippen LogP contribution is -2.31. The van der Waals surface area contributed by atoms with Gasteiger partial charge in [-0.1, -0.05) is 0 Å². The van der Waals surface area contributed by atoms with Crippen LogP contribution in [0.3, 0.4) is 0 Å². The fourth-order valence-corrected chi connectivity index (χ4v) is 2.32. The summed E-state index contributed by atoms with van der Waals surface area (Å²) < 4.78 is 37.7. The molecule has 7 heteroatoms. The van der Waals surface area contributed by atoms with E-state index in [0.29, 0.717) is 11.2 Å². The number of anilines is 2. The molecule has 1 heterocycles. The highest BCUT2D eigenvalue weighted by atomic mass is 32.1. The minimum atomic E-state index is -4.25. The highest BCUT2D eigenvalue weighted by molar-refractivity contribution is 7.16. The van der Waals surface area contributed by atoms with Crippen LogP contribution in [-0.4, -0.2) is 24.8 Å². The Kier molecular flexibility index (Phi) is 2.86. The molecule has 1 aromatic heterocycles. The summed E-state index contributed by atoms with van der Waals surface area (Å²) in [6.07, 6.45) is -4.25. The van der Waals surface area contributed by atoms with Crippen molar-refractivity contribution < 1.29 is 13.2 Å². The number of halogens is 3. The SMILES string of the molecule is CN(CC(F)(F)F)c1ccc2scnc2c1N. The van der Waals surface area contributed by atoms with Crippen molar-refractivity contribution in [2.24, 2.45) is 0 Å². The van der Waals surface area contributed by atoms with Crippen LogP contribution in [0, 0.1) is 0 Å². The molecule has 2 aromatic rings. The van der Waals surface area contributed by atoms with Gasteiger partial charge in [-0.25, -0.2) is 4.98 Å². The first-order chi connectivity index (χ1) is 7.88. The molecule has 0 bridgehead atoms. The number of aromatic nitrogens is 1. The maximum atomic E-state index is 12.3. The van der Waals surface area contributed by atoms with Crippen molar-refractivity contribution in [1.29, 1.82) is 0 Å². The molecule has 0 aliphatic heterocycles. The Balaban J connectivity index is 2.38. The van der Waals surface area contributed by atoms with E-state index in [1.54, 1.807) is 17.6 Å². The number of nitrogens with zero attached hydrogens (tertiary/aromatic N) is 2. The van der Waals surface area contributed by atoms with Crippen molar-refractivity contribution in [3.8, 4) is 0 Å². The second-order valence-corrected chi connectivity index (χ2v) is 4.56. The largest absolute Gasteiger partial charge is 0.405 e. The average molecular weight is 261 g/mol. The van der Waals surface area contributed by atoms with Gasteiger partial charge in [-0.15, -0.1) is 11.3 Å². The molecule has 0 aliphatic carbocycles. The van der Waals surface area contributed by atoms with Crippen LogP contribution < -0.4 is 10.6 Å². The lowest BCUT2D eigenvalue weighted by Gasteiger charge is -2.22. The van der Waals surface area contributed by atoms with Gasteiger partial charge in [0.1, 0.15) is 12.1 Å². The van der Waals surface area contributed by atoms with E-state index in [-0.39, 0.29) is 5.69 Å². The van der Waals surface area contributed by atoms with Crippen LogP contribution >= 0.6 is 11.3 Å². The van der Waals surface area contributed by atoms with Crippen molar-refractivity contribution in [2.45, 2.75) is 6.18 Å². The molecule has 17 heavy (non-hydrogen) atoms. The predicted octanol–water partition coefficient (Wildman–Crippen LogP) is 2.88. The molecule has 3 nitrogen and oxygen atoms in total. The molecular formula is C10H10F3N3S. The lowest BCUT2D eigenvalue weighted by atomic mass is 10.2. The van der Waals surface area contributed by atoms with Crippen molar-refractivity contribution in [2.75, 3.05) is 24.2 Å². The Morgan fingerprint density at radius 3 is 2.76 bits per heavy atom. The molecule has 0 unspecified atom stereocenters. The molecule has 0 saturated carbocycles. The van der Waals surface area contributed by atoms with Gasteiger partial charge in [-0.05, 0) is 12.1 Å². The third-order valence-electron chi connectivity index (χ3n) is 2.35. The molecular weight excluding hydrogens is 251 g/mol. The summed E-state index contributed by atoms with van der Waals surface area (Å²) in [6.45, 7) is -1.03. The fraction of sp³-hybridized carbons (Fsp3) is 0.300. The summed E-state index contributed by atoms with van der Waals surface area (Å²) in [4.78, 5) is 5.12. The number of thiazole rings is 1. The van der Waals surface area contributed by atoms with Gasteiger partial charge >= 0.3 is 6.18 Å². The maximum Gasteiger partial charge on any atom is 0.405 e. The zero-order valence-electron chi connectivity index (χ0n) is 8.95. The normalized spacial score (nSPS) is 12.0. The standard InChI is InChI=1S/C10H10F3N3S/c1-16(4-10(11,12)13)6-2-3-7-9(8(6)14)15-5-17-7/h2-3,5H,4,14H2,1H3. The van der Waals surface area contributed by atoms with Crippen molar-refractivity contribution >= 4 is 32.9 Å². The molecule has 0 saturated heterocycles. The van der Waals surface area contributed by atoms with Crippen LogP contribution in [0.5, 0.6) is 0 Å². The number of fused-ring (bicyclic) bond motifs is 1. The van der Waals surface area contributed by atoms with Crippen molar-refractivity contribution in [1.82, 2.24) is 4.98 Å². The Hall–Kier alpha value is -1.50. The Labute approximate surface area is 99.7 Å². The second kappa shape index (κ2) is 4.06. The van der Waals surface area contributed by atoms with Gasteiger partial charge in [0.15, 0.2) is 0 Å². The highest BCUT2D eigenvalue weighted by Gasteiger charge is 2.30. The van der Waals surface area contributed by atoms with Gasteiger partial charge in [-0.3, -0.25) is 0 Å². The number of hydrogen-bond donors (Lipinski definition) is 1. The smallest absolute Gasteiger partial charge is 0.395 e. The van der Waals surface area contributed by atoms with Crippen LogP contribution in [0.25, 0.3) is 10.2 Å². The van der Waals surface area contributed by atoms with Gasteiger partial charge in [-0.2, -0.15) is 13.2 Å².